The summed E-state index contributed by atoms with van der Waals surface area (Å²) < 4.78 is 1.95. The van der Waals surface area contributed by atoms with Crippen LogP contribution in [0, 0.1) is 0 Å². The third kappa shape index (κ3) is 4.36. The van der Waals surface area contributed by atoms with Crippen molar-refractivity contribution in [1.29, 1.82) is 0 Å². The first-order chi connectivity index (χ1) is 7.26. The van der Waals surface area contributed by atoms with Crippen LogP contribution in [0.25, 0.3) is 0 Å². The lowest BCUT2D eigenvalue weighted by molar-refractivity contribution is 0.615. The van der Waals surface area contributed by atoms with Gasteiger partial charge in [0.25, 0.3) is 0 Å². The Bertz CT molecular complexity index is 268. The van der Waals surface area contributed by atoms with Crippen molar-refractivity contribution in [1.82, 2.24) is 9.78 Å². The molecule has 1 aromatic rings. The topological polar surface area (TPSA) is 29.9 Å². The van der Waals surface area contributed by atoms with Crippen molar-refractivity contribution in [2.24, 2.45) is 0 Å². The van der Waals surface area contributed by atoms with Crippen LogP contribution in [-0.2, 0) is 6.54 Å². The predicted molar refractivity (Wildman–Crippen MR) is 65.1 cm³/mol. The van der Waals surface area contributed by atoms with Gasteiger partial charge < -0.3 is 5.32 Å². The smallest absolute Gasteiger partial charge is 0.0728 e. The van der Waals surface area contributed by atoms with Gasteiger partial charge in [0.1, 0.15) is 0 Å². The van der Waals surface area contributed by atoms with Crippen LogP contribution in [0.2, 0.25) is 0 Å². The Balaban J connectivity index is 2.27. The molecule has 1 N–H and O–H groups in total. The van der Waals surface area contributed by atoms with Gasteiger partial charge in [0.2, 0.25) is 0 Å². The molecule has 0 bridgehead atoms. The highest BCUT2D eigenvalue weighted by molar-refractivity contribution is 5.38. The van der Waals surface area contributed by atoms with Gasteiger partial charge in [-0.25, -0.2) is 0 Å². The molecule has 15 heavy (non-hydrogen) atoms. The monoisotopic (exact) mass is 209 g/mol. The molecular formula is C12H23N3. The molecule has 1 rings (SSSR count). The number of nitrogens with zero attached hydrogens (tertiary/aromatic N) is 2. The van der Waals surface area contributed by atoms with E-state index in [-0.39, 0.29) is 0 Å². The SMILES string of the molecule is CCCCC[C@H](C)Nc1cnn(CC)c1. The average molecular weight is 209 g/mol. The number of aryl methyl sites for hydroxylation is 1. The highest BCUT2D eigenvalue weighted by Gasteiger charge is 2.03. The molecule has 0 radical (unpaired) electrons. The van der Waals surface area contributed by atoms with Gasteiger partial charge in [-0.15, -0.1) is 0 Å². The summed E-state index contributed by atoms with van der Waals surface area (Å²) >= 11 is 0. The first-order valence-corrected chi connectivity index (χ1v) is 6.05. The van der Waals surface area contributed by atoms with Crippen LogP contribution in [0.3, 0.4) is 0 Å². The van der Waals surface area contributed by atoms with E-state index >= 15 is 0 Å². The Kier molecular flexibility index (Phi) is 5.22. The second kappa shape index (κ2) is 6.49. The summed E-state index contributed by atoms with van der Waals surface area (Å²) in [5, 5.41) is 7.71. The van der Waals surface area contributed by atoms with Crippen LogP contribution in [-0.4, -0.2) is 15.8 Å². The second-order valence-corrected chi connectivity index (χ2v) is 4.13. The summed E-state index contributed by atoms with van der Waals surface area (Å²) in [4.78, 5) is 0. The number of unbranched alkanes of at least 4 members (excludes halogenated alkanes) is 2. The highest BCUT2D eigenvalue weighted by atomic mass is 15.3. The number of rotatable bonds is 7. The molecule has 0 spiro atoms. The zero-order chi connectivity index (χ0) is 11.1. The molecule has 0 aromatic carbocycles. The van der Waals surface area contributed by atoms with E-state index in [9.17, 15) is 0 Å². The van der Waals surface area contributed by atoms with Crippen molar-refractivity contribution in [2.75, 3.05) is 5.32 Å². The summed E-state index contributed by atoms with van der Waals surface area (Å²) in [6.45, 7) is 7.51. The Morgan fingerprint density at radius 3 is 2.80 bits per heavy atom. The van der Waals surface area contributed by atoms with Crippen LogP contribution >= 0.6 is 0 Å². The lowest BCUT2D eigenvalue weighted by Crippen LogP contribution is -2.14. The van der Waals surface area contributed by atoms with E-state index in [4.69, 9.17) is 0 Å². The van der Waals surface area contributed by atoms with Crippen LogP contribution < -0.4 is 5.32 Å². The summed E-state index contributed by atoms with van der Waals surface area (Å²) in [6, 6.07) is 0.547. The van der Waals surface area contributed by atoms with Gasteiger partial charge in [-0.1, -0.05) is 26.2 Å². The highest BCUT2D eigenvalue weighted by Crippen LogP contribution is 2.10. The zero-order valence-corrected chi connectivity index (χ0v) is 10.2. The van der Waals surface area contributed by atoms with Crippen molar-refractivity contribution in [3.8, 4) is 0 Å². The number of hydrogen-bond donors (Lipinski definition) is 1. The minimum Gasteiger partial charge on any atom is -0.380 e. The quantitative estimate of drug-likeness (QED) is 0.698. The van der Waals surface area contributed by atoms with Crippen molar-refractivity contribution >= 4 is 5.69 Å². The lowest BCUT2D eigenvalue weighted by atomic mass is 10.1. The summed E-state index contributed by atoms with van der Waals surface area (Å²) in [5.74, 6) is 0. The van der Waals surface area contributed by atoms with Crippen LogP contribution in [0.1, 0.15) is 46.5 Å². The molecule has 1 heterocycles. The van der Waals surface area contributed by atoms with E-state index in [0.29, 0.717) is 6.04 Å². The van der Waals surface area contributed by atoms with E-state index in [1.165, 1.54) is 25.7 Å². The maximum Gasteiger partial charge on any atom is 0.0728 e. The van der Waals surface area contributed by atoms with Gasteiger partial charge >= 0.3 is 0 Å². The largest absolute Gasteiger partial charge is 0.380 e. The van der Waals surface area contributed by atoms with Gasteiger partial charge in [-0.05, 0) is 20.3 Å². The molecule has 3 nitrogen and oxygen atoms in total. The van der Waals surface area contributed by atoms with Gasteiger partial charge in [0.05, 0.1) is 11.9 Å². The average Bonchev–Trinajstić information content (AvgIpc) is 2.66. The number of anilines is 1. The fourth-order valence-electron chi connectivity index (χ4n) is 1.67. The number of nitrogens with one attached hydrogen (secondary N) is 1. The molecular weight excluding hydrogens is 186 g/mol. The van der Waals surface area contributed by atoms with Crippen molar-refractivity contribution in [3.05, 3.63) is 12.4 Å². The standard InChI is InChI=1S/C12H23N3/c1-4-6-7-8-11(3)14-12-9-13-15(5-2)10-12/h9-11,14H,4-8H2,1-3H3/t11-/m0/s1. The van der Waals surface area contributed by atoms with Gasteiger partial charge in [0.15, 0.2) is 0 Å². The molecule has 1 aromatic heterocycles. The molecule has 1 atom stereocenters. The van der Waals surface area contributed by atoms with E-state index < -0.39 is 0 Å². The van der Waals surface area contributed by atoms with Gasteiger partial charge in [-0.2, -0.15) is 5.10 Å². The third-order valence-corrected chi connectivity index (χ3v) is 2.61. The maximum atomic E-state index is 4.24. The van der Waals surface area contributed by atoms with Crippen LogP contribution in [0.4, 0.5) is 5.69 Å². The molecule has 0 saturated carbocycles. The lowest BCUT2D eigenvalue weighted by Gasteiger charge is -2.12. The molecule has 0 saturated heterocycles. The molecule has 86 valence electrons. The molecule has 0 aliphatic heterocycles. The van der Waals surface area contributed by atoms with Crippen LogP contribution in [0.5, 0.6) is 0 Å². The van der Waals surface area contributed by atoms with Crippen molar-refractivity contribution in [2.45, 2.75) is 59.0 Å². The Labute approximate surface area is 92.9 Å². The van der Waals surface area contributed by atoms with E-state index in [1.807, 2.05) is 10.9 Å². The van der Waals surface area contributed by atoms with Gasteiger partial charge in [0, 0.05) is 18.8 Å². The van der Waals surface area contributed by atoms with Crippen LogP contribution in [0.15, 0.2) is 12.4 Å². The number of hydrogen-bond acceptors (Lipinski definition) is 2. The minimum absolute atomic E-state index is 0.547. The van der Waals surface area contributed by atoms with Gasteiger partial charge in [-0.3, -0.25) is 4.68 Å². The molecule has 0 fully saturated rings. The summed E-state index contributed by atoms with van der Waals surface area (Å²) in [7, 11) is 0. The van der Waals surface area contributed by atoms with Crippen molar-refractivity contribution in [3.63, 3.8) is 0 Å². The Morgan fingerprint density at radius 2 is 2.20 bits per heavy atom. The van der Waals surface area contributed by atoms with Crippen molar-refractivity contribution < 1.29 is 0 Å². The fraction of sp³-hybridized carbons (Fsp3) is 0.750. The first kappa shape index (κ1) is 12.1. The normalized spacial score (nSPS) is 12.7. The maximum absolute atomic E-state index is 4.24. The predicted octanol–water partition coefficient (Wildman–Crippen LogP) is 3.28. The van der Waals surface area contributed by atoms with E-state index in [2.05, 4.69) is 37.4 Å². The van der Waals surface area contributed by atoms with E-state index in [0.717, 1.165) is 12.2 Å². The summed E-state index contributed by atoms with van der Waals surface area (Å²) in [6.07, 6.45) is 9.15. The molecule has 3 heteroatoms. The minimum atomic E-state index is 0.547. The first-order valence-electron chi connectivity index (χ1n) is 6.05. The molecule has 0 amide bonds. The molecule has 0 aliphatic rings. The fourth-order valence-corrected chi connectivity index (χ4v) is 1.67. The number of aromatic nitrogens is 2. The third-order valence-electron chi connectivity index (χ3n) is 2.61. The Morgan fingerprint density at radius 1 is 1.40 bits per heavy atom. The molecule has 0 aliphatic carbocycles. The Hall–Kier alpha value is -0.990. The summed E-state index contributed by atoms with van der Waals surface area (Å²) in [5.41, 5.74) is 1.14. The zero-order valence-electron chi connectivity index (χ0n) is 10.2. The molecule has 0 unspecified atom stereocenters. The second-order valence-electron chi connectivity index (χ2n) is 4.13. The van der Waals surface area contributed by atoms with E-state index in [1.54, 1.807) is 0 Å².